The van der Waals surface area contributed by atoms with Gasteiger partial charge >= 0.3 is 5.97 Å². The third kappa shape index (κ3) is 1.64. The van der Waals surface area contributed by atoms with Gasteiger partial charge in [-0.3, -0.25) is 9.59 Å². The molecule has 19 heavy (non-hydrogen) atoms. The van der Waals surface area contributed by atoms with Crippen LogP contribution in [0.2, 0.25) is 0 Å². The lowest BCUT2D eigenvalue weighted by Crippen LogP contribution is -2.69. The zero-order chi connectivity index (χ0) is 13.7. The monoisotopic (exact) mass is 263 g/mol. The first-order valence-corrected chi connectivity index (χ1v) is 6.15. The fourth-order valence-corrected chi connectivity index (χ4v) is 3.26. The van der Waals surface area contributed by atoms with Crippen molar-refractivity contribution in [2.45, 2.75) is 19.3 Å². The van der Waals surface area contributed by atoms with Gasteiger partial charge in [0.15, 0.2) is 0 Å². The average Bonchev–Trinajstić information content (AvgIpc) is 2.28. The Morgan fingerprint density at radius 2 is 1.74 bits per heavy atom. The molecule has 3 saturated carbocycles. The van der Waals surface area contributed by atoms with Gasteiger partial charge in [0.2, 0.25) is 5.91 Å². The van der Waals surface area contributed by atoms with Crippen LogP contribution in [0.4, 0.5) is 10.1 Å². The van der Waals surface area contributed by atoms with Crippen molar-refractivity contribution in [2.24, 2.45) is 10.8 Å². The molecule has 1 amide bonds. The predicted molar refractivity (Wildman–Crippen MR) is 65.8 cm³/mol. The smallest absolute Gasteiger partial charge is 0.311 e. The van der Waals surface area contributed by atoms with Gasteiger partial charge in [-0.05, 0) is 43.5 Å². The summed E-state index contributed by atoms with van der Waals surface area (Å²) in [7, 11) is 1.37. The van der Waals surface area contributed by atoms with Gasteiger partial charge in [-0.2, -0.15) is 0 Å². The van der Waals surface area contributed by atoms with Crippen LogP contribution in [-0.2, 0) is 14.3 Å². The second-order valence-electron chi connectivity index (χ2n) is 5.54. The zero-order valence-corrected chi connectivity index (χ0v) is 10.5. The number of carbonyl (C=O) groups excluding carboxylic acids is 2. The Balaban J connectivity index is 1.63. The molecular weight excluding hydrogens is 249 g/mol. The van der Waals surface area contributed by atoms with E-state index in [4.69, 9.17) is 4.74 Å². The number of esters is 1. The Hall–Kier alpha value is -1.91. The summed E-state index contributed by atoms with van der Waals surface area (Å²) in [5.41, 5.74) is -0.277. The highest BCUT2D eigenvalue weighted by Gasteiger charge is 2.75. The van der Waals surface area contributed by atoms with E-state index in [1.165, 1.54) is 31.4 Å². The highest BCUT2D eigenvalue weighted by atomic mass is 19.1. The molecule has 3 fully saturated rings. The number of carbonyl (C=O) groups is 2. The number of anilines is 1. The Bertz CT molecular complexity index is 533. The molecule has 0 heterocycles. The van der Waals surface area contributed by atoms with E-state index >= 15 is 0 Å². The van der Waals surface area contributed by atoms with Crippen LogP contribution in [0.25, 0.3) is 0 Å². The van der Waals surface area contributed by atoms with Crippen molar-refractivity contribution in [2.75, 3.05) is 12.4 Å². The molecule has 0 atom stereocenters. The molecule has 4 rings (SSSR count). The zero-order valence-electron chi connectivity index (χ0n) is 10.5. The van der Waals surface area contributed by atoms with Gasteiger partial charge < -0.3 is 10.1 Å². The Morgan fingerprint density at radius 3 is 2.26 bits per heavy atom. The van der Waals surface area contributed by atoms with E-state index < -0.39 is 10.8 Å². The van der Waals surface area contributed by atoms with Gasteiger partial charge in [-0.25, -0.2) is 4.39 Å². The summed E-state index contributed by atoms with van der Waals surface area (Å²) < 4.78 is 17.5. The number of nitrogens with one attached hydrogen (secondary N) is 1. The van der Waals surface area contributed by atoms with Crippen LogP contribution >= 0.6 is 0 Å². The SMILES string of the molecule is COC(=O)C12CC(C(=O)Nc3ccc(F)cc3)(C1)C2. The minimum atomic E-state index is -0.428. The van der Waals surface area contributed by atoms with Crippen LogP contribution in [0, 0.1) is 16.6 Å². The lowest BCUT2D eigenvalue weighted by molar-refractivity contribution is -0.220. The number of hydrogen-bond acceptors (Lipinski definition) is 3. The van der Waals surface area contributed by atoms with Crippen molar-refractivity contribution in [3.63, 3.8) is 0 Å². The van der Waals surface area contributed by atoms with Gasteiger partial charge in [0.25, 0.3) is 0 Å². The summed E-state index contributed by atoms with van der Waals surface area (Å²) in [5, 5.41) is 2.77. The predicted octanol–water partition coefficient (Wildman–Crippen LogP) is 2.11. The van der Waals surface area contributed by atoms with Gasteiger partial charge in [-0.1, -0.05) is 0 Å². The van der Waals surface area contributed by atoms with Crippen LogP contribution in [0.1, 0.15) is 19.3 Å². The van der Waals surface area contributed by atoms with E-state index in [1.807, 2.05) is 0 Å². The molecule has 3 aliphatic rings. The summed E-state index contributed by atoms with van der Waals surface area (Å²) in [6, 6.07) is 5.64. The number of amides is 1. The van der Waals surface area contributed by atoms with E-state index in [2.05, 4.69) is 5.32 Å². The number of methoxy groups -OCH3 is 1. The molecule has 1 N–H and O–H groups in total. The average molecular weight is 263 g/mol. The van der Waals surface area contributed by atoms with Gasteiger partial charge in [0, 0.05) is 5.69 Å². The summed E-state index contributed by atoms with van der Waals surface area (Å²) in [4.78, 5) is 23.7. The standard InChI is InChI=1S/C14H14FNO3/c1-19-12(18)14-6-13(7-14,8-14)11(17)16-10-4-2-9(15)3-5-10/h2-5H,6-8H2,1H3,(H,16,17). The molecule has 100 valence electrons. The summed E-state index contributed by atoms with van der Waals surface area (Å²) >= 11 is 0. The number of benzene rings is 1. The fraction of sp³-hybridized carbons (Fsp3) is 0.429. The molecule has 4 nitrogen and oxygen atoms in total. The summed E-state index contributed by atoms with van der Waals surface area (Å²) in [5.74, 6) is -0.651. The molecule has 0 unspecified atom stereocenters. The highest BCUT2D eigenvalue weighted by Crippen LogP contribution is 2.73. The van der Waals surface area contributed by atoms with Crippen molar-refractivity contribution in [3.05, 3.63) is 30.1 Å². The molecule has 3 aliphatic carbocycles. The highest BCUT2D eigenvalue weighted by molar-refractivity contribution is 6.01. The first-order valence-electron chi connectivity index (χ1n) is 6.15. The molecule has 0 aliphatic heterocycles. The first-order chi connectivity index (χ1) is 9.00. The third-order valence-corrected chi connectivity index (χ3v) is 4.23. The first kappa shape index (κ1) is 12.1. The number of ether oxygens (including phenoxy) is 1. The number of hydrogen-bond donors (Lipinski definition) is 1. The lowest BCUT2D eigenvalue weighted by atomic mass is 9.35. The second kappa shape index (κ2) is 3.79. The second-order valence-corrected chi connectivity index (χ2v) is 5.54. The lowest BCUT2D eigenvalue weighted by Gasteiger charge is -2.66. The van der Waals surface area contributed by atoms with Gasteiger partial charge in [0.05, 0.1) is 17.9 Å². The Kier molecular flexibility index (Phi) is 2.42. The molecule has 1 aromatic carbocycles. The van der Waals surface area contributed by atoms with Gasteiger partial charge in [0.1, 0.15) is 5.82 Å². The maximum atomic E-state index is 12.8. The van der Waals surface area contributed by atoms with Crippen LogP contribution in [0.5, 0.6) is 0 Å². The normalized spacial score (nSPS) is 30.8. The van der Waals surface area contributed by atoms with Crippen molar-refractivity contribution in [1.29, 1.82) is 0 Å². The van der Waals surface area contributed by atoms with Gasteiger partial charge in [-0.15, -0.1) is 0 Å². The maximum absolute atomic E-state index is 12.8. The Labute approximate surface area is 109 Å². The van der Waals surface area contributed by atoms with E-state index in [9.17, 15) is 14.0 Å². The topological polar surface area (TPSA) is 55.4 Å². The molecule has 0 aromatic heterocycles. The van der Waals surface area contributed by atoms with Crippen molar-refractivity contribution in [1.82, 2.24) is 0 Å². The third-order valence-electron chi connectivity index (χ3n) is 4.23. The van der Waals surface area contributed by atoms with Crippen molar-refractivity contribution in [3.8, 4) is 0 Å². The van der Waals surface area contributed by atoms with Crippen LogP contribution < -0.4 is 5.32 Å². The van der Waals surface area contributed by atoms with E-state index in [-0.39, 0.29) is 17.7 Å². The molecule has 0 saturated heterocycles. The number of rotatable bonds is 3. The molecule has 2 bridgehead atoms. The van der Waals surface area contributed by atoms with E-state index in [0.717, 1.165) is 0 Å². The maximum Gasteiger partial charge on any atom is 0.311 e. The minimum absolute atomic E-state index is 0.0927. The van der Waals surface area contributed by atoms with Crippen LogP contribution in [0.3, 0.4) is 0 Å². The van der Waals surface area contributed by atoms with Crippen LogP contribution in [-0.4, -0.2) is 19.0 Å². The molecular formula is C14H14FNO3. The minimum Gasteiger partial charge on any atom is -0.469 e. The molecule has 0 spiro atoms. The van der Waals surface area contributed by atoms with Crippen molar-refractivity contribution >= 4 is 17.6 Å². The summed E-state index contributed by atoms with van der Waals surface area (Å²) in [6.45, 7) is 0. The quantitative estimate of drug-likeness (QED) is 0.850. The van der Waals surface area contributed by atoms with E-state index in [0.29, 0.717) is 24.9 Å². The molecule has 1 aromatic rings. The number of halogens is 1. The van der Waals surface area contributed by atoms with Crippen LogP contribution in [0.15, 0.2) is 24.3 Å². The van der Waals surface area contributed by atoms with E-state index in [1.54, 1.807) is 0 Å². The fourth-order valence-electron chi connectivity index (χ4n) is 3.26. The molecule has 0 radical (unpaired) electrons. The summed E-state index contributed by atoms with van der Waals surface area (Å²) in [6.07, 6.45) is 1.67. The Morgan fingerprint density at radius 1 is 1.16 bits per heavy atom. The van der Waals surface area contributed by atoms with Crippen molar-refractivity contribution < 1.29 is 18.7 Å². The molecule has 5 heteroatoms. The largest absolute Gasteiger partial charge is 0.469 e.